The smallest absolute Gasteiger partial charge is 0.254 e. The lowest BCUT2D eigenvalue weighted by Gasteiger charge is -2.20. The molecule has 0 unspecified atom stereocenters. The molecule has 2 aromatic carbocycles. The van der Waals surface area contributed by atoms with Crippen LogP contribution < -0.4 is 5.32 Å². The van der Waals surface area contributed by atoms with Crippen molar-refractivity contribution in [1.29, 1.82) is 0 Å². The zero-order valence-electron chi connectivity index (χ0n) is 17.2. The van der Waals surface area contributed by atoms with Gasteiger partial charge in [0.15, 0.2) is 5.82 Å². The Morgan fingerprint density at radius 3 is 2.31 bits per heavy atom. The van der Waals surface area contributed by atoms with E-state index in [4.69, 9.17) is 15.1 Å². The molecule has 0 atom stereocenters. The number of hydrogen-bond donors (Lipinski definition) is 1. The predicted molar refractivity (Wildman–Crippen MR) is 117 cm³/mol. The first kappa shape index (κ1) is 17.9. The van der Waals surface area contributed by atoms with E-state index in [1.54, 1.807) is 0 Å². The van der Waals surface area contributed by atoms with Gasteiger partial charge in [-0.25, -0.2) is 4.98 Å². The van der Waals surface area contributed by atoms with Crippen LogP contribution in [0.25, 0.3) is 17.2 Å². The fourth-order valence-corrected chi connectivity index (χ4v) is 4.18. The predicted octanol–water partition coefficient (Wildman–Crippen LogP) is 5.34. The molecule has 2 heterocycles. The Hall–Kier alpha value is -3.21. The number of rotatable bonds is 3. The minimum absolute atomic E-state index is 0.660. The van der Waals surface area contributed by atoms with Crippen molar-refractivity contribution in [2.75, 3.05) is 5.32 Å². The number of fused-ring (bicyclic) bond motifs is 2. The van der Waals surface area contributed by atoms with Gasteiger partial charge < -0.3 is 5.32 Å². The van der Waals surface area contributed by atoms with Crippen molar-refractivity contribution in [3.63, 3.8) is 0 Å². The molecule has 0 fully saturated rings. The molecule has 0 bridgehead atoms. The first-order chi connectivity index (χ1) is 14.1. The van der Waals surface area contributed by atoms with Crippen LogP contribution in [0, 0.1) is 20.8 Å². The molecule has 0 saturated heterocycles. The molecule has 0 radical (unpaired) electrons. The average molecular weight is 383 g/mol. The molecule has 5 nitrogen and oxygen atoms in total. The lowest BCUT2D eigenvalue weighted by Crippen LogP contribution is -2.13. The van der Waals surface area contributed by atoms with Gasteiger partial charge >= 0.3 is 0 Å². The summed E-state index contributed by atoms with van der Waals surface area (Å²) in [4.78, 5) is 9.63. The number of hydrogen-bond acceptors (Lipinski definition) is 4. The summed E-state index contributed by atoms with van der Waals surface area (Å²) in [5.74, 6) is 2.37. The number of benzene rings is 2. The van der Waals surface area contributed by atoms with Crippen LogP contribution in [0.15, 0.2) is 42.5 Å². The zero-order valence-corrected chi connectivity index (χ0v) is 17.2. The third-order valence-corrected chi connectivity index (χ3v) is 5.56. The third-order valence-electron chi connectivity index (χ3n) is 5.56. The van der Waals surface area contributed by atoms with E-state index in [2.05, 4.69) is 68.6 Å². The summed E-state index contributed by atoms with van der Waals surface area (Å²) in [6.07, 6.45) is 4.38. The standard InChI is InChI=1S/C24H25N5/c1-15-8-10-18(11-9-15)22-27-24-26-21-7-5-4-6-20(21)23(29(24)28-22)25-19-13-16(2)12-17(3)14-19/h8-14,25H,4-7H2,1-3H3. The van der Waals surface area contributed by atoms with Crippen molar-refractivity contribution in [2.45, 2.75) is 46.5 Å². The van der Waals surface area contributed by atoms with Gasteiger partial charge in [-0.2, -0.15) is 9.50 Å². The summed E-state index contributed by atoms with van der Waals surface area (Å²) in [5, 5.41) is 8.49. The quantitative estimate of drug-likeness (QED) is 0.519. The Bertz CT molecular complexity index is 1180. The Labute approximate surface area is 170 Å². The lowest BCUT2D eigenvalue weighted by atomic mass is 9.96. The van der Waals surface area contributed by atoms with Gasteiger partial charge in [-0.05, 0) is 69.7 Å². The summed E-state index contributed by atoms with van der Waals surface area (Å²) in [6, 6.07) is 14.9. The number of aryl methyl sites for hydroxylation is 4. The van der Waals surface area contributed by atoms with E-state index in [9.17, 15) is 0 Å². The van der Waals surface area contributed by atoms with E-state index >= 15 is 0 Å². The van der Waals surface area contributed by atoms with Crippen LogP contribution in [0.2, 0.25) is 0 Å². The topological polar surface area (TPSA) is 55.1 Å². The van der Waals surface area contributed by atoms with Crippen molar-refractivity contribution < 1.29 is 0 Å². The largest absolute Gasteiger partial charge is 0.340 e. The molecule has 4 aromatic rings. The molecule has 1 aliphatic rings. The van der Waals surface area contributed by atoms with Crippen LogP contribution in [0.3, 0.4) is 0 Å². The maximum atomic E-state index is 4.87. The highest BCUT2D eigenvalue weighted by Gasteiger charge is 2.21. The van der Waals surface area contributed by atoms with Crippen molar-refractivity contribution in [3.05, 3.63) is 70.4 Å². The highest BCUT2D eigenvalue weighted by molar-refractivity contribution is 5.66. The Kier molecular flexibility index (Phi) is 4.31. The monoisotopic (exact) mass is 383 g/mol. The second-order valence-corrected chi connectivity index (χ2v) is 8.11. The van der Waals surface area contributed by atoms with Crippen LogP contribution in [0.1, 0.15) is 40.8 Å². The Balaban J connectivity index is 1.68. The van der Waals surface area contributed by atoms with Gasteiger partial charge in [-0.15, -0.1) is 5.10 Å². The molecule has 5 rings (SSSR count). The lowest BCUT2D eigenvalue weighted by molar-refractivity contribution is 0.662. The molecular weight excluding hydrogens is 358 g/mol. The van der Waals surface area contributed by atoms with Gasteiger partial charge in [-0.1, -0.05) is 35.9 Å². The normalized spacial score (nSPS) is 13.5. The molecule has 29 heavy (non-hydrogen) atoms. The van der Waals surface area contributed by atoms with Gasteiger partial charge in [0, 0.05) is 16.8 Å². The van der Waals surface area contributed by atoms with Crippen LogP contribution in [0.5, 0.6) is 0 Å². The van der Waals surface area contributed by atoms with E-state index in [-0.39, 0.29) is 0 Å². The van der Waals surface area contributed by atoms with Crippen molar-refractivity contribution in [1.82, 2.24) is 19.6 Å². The van der Waals surface area contributed by atoms with Gasteiger partial charge in [0.05, 0.1) is 5.69 Å². The number of aromatic nitrogens is 4. The van der Waals surface area contributed by atoms with Gasteiger partial charge in [0.1, 0.15) is 5.82 Å². The highest BCUT2D eigenvalue weighted by Crippen LogP contribution is 2.31. The number of nitrogens with one attached hydrogen (secondary N) is 1. The second-order valence-electron chi connectivity index (χ2n) is 8.11. The maximum Gasteiger partial charge on any atom is 0.254 e. The molecule has 0 spiro atoms. The van der Waals surface area contributed by atoms with E-state index in [0.717, 1.165) is 35.6 Å². The minimum Gasteiger partial charge on any atom is -0.340 e. The minimum atomic E-state index is 0.660. The van der Waals surface area contributed by atoms with Crippen LogP contribution >= 0.6 is 0 Å². The molecule has 0 aliphatic heterocycles. The van der Waals surface area contributed by atoms with Crippen LogP contribution in [-0.4, -0.2) is 19.6 Å². The average Bonchev–Trinajstić information content (AvgIpc) is 3.11. The number of anilines is 2. The fraction of sp³-hybridized carbons (Fsp3) is 0.292. The summed E-state index contributed by atoms with van der Waals surface area (Å²) in [6.45, 7) is 6.34. The van der Waals surface area contributed by atoms with Crippen molar-refractivity contribution >= 4 is 17.3 Å². The fourth-order valence-electron chi connectivity index (χ4n) is 4.18. The van der Waals surface area contributed by atoms with Gasteiger partial charge in [-0.3, -0.25) is 0 Å². The van der Waals surface area contributed by atoms with Gasteiger partial charge in [0.2, 0.25) is 0 Å². The van der Waals surface area contributed by atoms with Crippen LogP contribution in [0.4, 0.5) is 11.5 Å². The molecule has 1 N–H and O–H groups in total. The van der Waals surface area contributed by atoms with Crippen molar-refractivity contribution in [3.8, 4) is 11.4 Å². The summed E-state index contributed by atoms with van der Waals surface area (Å²) >= 11 is 0. The first-order valence-electron chi connectivity index (χ1n) is 10.3. The van der Waals surface area contributed by atoms with E-state index < -0.39 is 0 Å². The van der Waals surface area contributed by atoms with Crippen LogP contribution in [-0.2, 0) is 12.8 Å². The molecule has 5 heteroatoms. The van der Waals surface area contributed by atoms with E-state index in [0.29, 0.717) is 11.6 Å². The first-order valence-corrected chi connectivity index (χ1v) is 10.3. The van der Waals surface area contributed by atoms with Gasteiger partial charge in [0.25, 0.3) is 5.78 Å². The molecular formula is C24H25N5. The van der Waals surface area contributed by atoms with E-state index in [1.165, 1.54) is 35.1 Å². The molecule has 146 valence electrons. The third kappa shape index (κ3) is 3.37. The Morgan fingerprint density at radius 2 is 1.55 bits per heavy atom. The second kappa shape index (κ2) is 6.99. The van der Waals surface area contributed by atoms with Crippen molar-refractivity contribution in [2.24, 2.45) is 0 Å². The highest BCUT2D eigenvalue weighted by atomic mass is 15.4. The molecule has 0 saturated carbocycles. The maximum absolute atomic E-state index is 4.87. The molecule has 1 aliphatic carbocycles. The summed E-state index contributed by atoms with van der Waals surface area (Å²) in [7, 11) is 0. The zero-order chi connectivity index (χ0) is 20.0. The summed E-state index contributed by atoms with van der Waals surface area (Å²) in [5.41, 5.74) is 8.22. The summed E-state index contributed by atoms with van der Waals surface area (Å²) < 4.78 is 1.89. The molecule has 0 amide bonds. The Morgan fingerprint density at radius 1 is 0.828 bits per heavy atom. The van der Waals surface area contributed by atoms with E-state index in [1.807, 2.05) is 4.52 Å². The number of nitrogens with zero attached hydrogens (tertiary/aromatic N) is 4. The molecule has 2 aromatic heterocycles. The SMILES string of the molecule is Cc1ccc(-c2nc3nc4c(c(Nc5cc(C)cc(C)c5)n3n2)CCCC4)cc1.